The number of alkyl carbamates (subject to hydrolysis) is 1. The third-order valence-corrected chi connectivity index (χ3v) is 9.20. The van der Waals surface area contributed by atoms with Crippen LogP contribution in [0.4, 0.5) is 4.79 Å². The van der Waals surface area contributed by atoms with E-state index < -0.39 is 59.7 Å². The maximum Gasteiger partial charge on any atom is 0.408 e. The second-order valence-corrected chi connectivity index (χ2v) is 15.5. The van der Waals surface area contributed by atoms with Gasteiger partial charge in [-0.2, -0.15) is 0 Å². The number of nitrogens with zero attached hydrogens (tertiary/aromatic N) is 2. The Kier molecular flexibility index (Phi) is 18.6. The molecule has 0 unspecified atom stereocenters. The van der Waals surface area contributed by atoms with E-state index in [9.17, 15) is 39.0 Å². The minimum absolute atomic E-state index is 0.000805. The highest BCUT2D eigenvalue weighted by atomic mass is 16.6. The maximum absolute atomic E-state index is 13.8. The number of amides is 4. The Morgan fingerprint density at radius 3 is 2.24 bits per heavy atom. The number of Topliss-reactive ketones (excluding diaryl/α,β-unsaturated/α-hetero) is 1. The average Bonchev–Trinajstić information content (AvgIpc) is 3.59. The van der Waals surface area contributed by atoms with Gasteiger partial charge in [0.25, 0.3) is 0 Å². The predicted octanol–water partition coefficient (Wildman–Crippen LogP) is 3.49. The Balaban J connectivity index is 2.28. The molecule has 1 aromatic rings. The smallest absolute Gasteiger partial charge is 0.408 e. The van der Waals surface area contributed by atoms with E-state index in [1.807, 2.05) is 20.8 Å². The predicted molar refractivity (Wildman–Crippen MR) is 205 cm³/mol. The lowest BCUT2D eigenvalue weighted by Crippen LogP contribution is -2.55. The van der Waals surface area contributed by atoms with Gasteiger partial charge in [-0.25, -0.2) is 9.59 Å². The normalized spacial score (nSPS) is 17.4. The number of carbonyl (C=O) groups excluding carboxylic acids is 5. The summed E-state index contributed by atoms with van der Waals surface area (Å²) in [6, 6.07) is 1.29. The van der Waals surface area contributed by atoms with Crippen LogP contribution < -0.4 is 21.7 Å². The highest BCUT2D eigenvalue weighted by Crippen LogP contribution is 2.22. The Labute approximate surface area is 319 Å². The molecule has 1 aliphatic heterocycles. The number of ether oxygens (including phenoxy) is 1. The van der Waals surface area contributed by atoms with Crippen LogP contribution in [0.25, 0.3) is 0 Å². The lowest BCUT2D eigenvalue weighted by molar-refractivity contribution is -0.143. The molecule has 6 atom stereocenters. The van der Waals surface area contributed by atoms with Crippen molar-refractivity contribution in [3.8, 4) is 5.75 Å². The third kappa shape index (κ3) is 15.4. The van der Waals surface area contributed by atoms with Crippen LogP contribution in [0.15, 0.2) is 29.3 Å². The number of nitrogens with two attached hydrogens (primary N) is 1. The fourth-order valence-corrected chi connectivity index (χ4v) is 6.15. The summed E-state index contributed by atoms with van der Waals surface area (Å²) >= 11 is 0. The number of likely N-dealkylation sites (tertiary alicyclic amines) is 1. The zero-order chi connectivity index (χ0) is 40.6. The van der Waals surface area contributed by atoms with Gasteiger partial charge in [0.15, 0.2) is 5.78 Å². The first-order chi connectivity index (χ1) is 25.4. The Bertz CT molecular complexity index is 1440. The molecular weight excluding hydrogens is 696 g/mol. The van der Waals surface area contributed by atoms with Crippen molar-refractivity contribution in [3.05, 3.63) is 29.8 Å². The van der Waals surface area contributed by atoms with Crippen LogP contribution >= 0.6 is 0 Å². The van der Waals surface area contributed by atoms with Crippen molar-refractivity contribution in [1.29, 1.82) is 0 Å². The summed E-state index contributed by atoms with van der Waals surface area (Å²) in [5.41, 5.74) is 5.55. The maximum atomic E-state index is 13.8. The molecule has 1 fully saturated rings. The van der Waals surface area contributed by atoms with Crippen LogP contribution in [0.5, 0.6) is 5.75 Å². The number of nitrogens with one attached hydrogen (secondary N) is 3. The lowest BCUT2D eigenvalue weighted by atomic mass is 9.96. The lowest BCUT2D eigenvalue weighted by Gasteiger charge is -2.29. The van der Waals surface area contributed by atoms with E-state index in [0.29, 0.717) is 57.2 Å². The summed E-state index contributed by atoms with van der Waals surface area (Å²) < 4.78 is 5.38. The van der Waals surface area contributed by atoms with Gasteiger partial charge in [-0.3, -0.25) is 24.2 Å². The highest BCUT2D eigenvalue weighted by molar-refractivity contribution is 5.99. The van der Waals surface area contributed by atoms with E-state index in [4.69, 9.17) is 10.5 Å². The van der Waals surface area contributed by atoms with Crippen LogP contribution in [-0.2, 0) is 35.1 Å². The Morgan fingerprint density at radius 2 is 1.67 bits per heavy atom. The number of aliphatic carboxylic acids is 1. The third-order valence-electron chi connectivity index (χ3n) is 9.20. The van der Waals surface area contributed by atoms with E-state index in [-0.39, 0.29) is 48.5 Å². The van der Waals surface area contributed by atoms with Gasteiger partial charge in [-0.15, -0.1) is 0 Å². The largest absolute Gasteiger partial charge is 0.508 e. The molecule has 7 N–H and O–H groups in total. The van der Waals surface area contributed by atoms with E-state index >= 15 is 0 Å². The number of phenolic OH excluding ortho intramolecular Hbond substituents is 1. The number of carboxylic acids is 1. The van der Waals surface area contributed by atoms with Crippen molar-refractivity contribution in [2.45, 2.75) is 142 Å². The number of hydrogen-bond acceptors (Lipinski definition) is 10. The first kappa shape index (κ1) is 45.6. The monoisotopic (exact) mass is 758 g/mol. The molecule has 1 heterocycles. The number of aliphatic imine (C=N–C) groups is 1. The van der Waals surface area contributed by atoms with E-state index in [1.54, 1.807) is 39.8 Å². The van der Waals surface area contributed by atoms with E-state index in [2.05, 4.69) is 20.9 Å². The molecule has 302 valence electrons. The van der Waals surface area contributed by atoms with Gasteiger partial charge in [0.2, 0.25) is 17.7 Å². The van der Waals surface area contributed by atoms with Crippen LogP contribution in [0.2, 0.25) is 0 Å². The molecule has 1 saturated heterocycles. The van der Waals surface area contributed by atoms with Crippen molar-refractivity contribution in [3.63, 3.8) is 0 Å². The van der Waals surface area contributed by atoms with Crippen molar-refractivity contribution < 1.29 is 43.7 Å². The fourth-order valence-electron chi connectivity index (χ4n) is 6.15. The summed E-state index contributed by atoms with van der Waals surface area (Å²) in [5.74, 6) is -3.38. The number of benzene rings is 1. The summed E-state index contributed by atoms with van der Waals surface area (Å²) in [7, 11) is 0. The van der Waals surface area contributed by atoms with Gasteiger partial charge in [-0.1, -0.05) is 46.2 Å². The number of phenols is 1. The van der Waals surface area contributed by atoms with Gasteiger partial charge < -0.3 is 41.5 Å². The first-order valence-electron chi connectivity index (χ1n) is 19.0. The van der Waals surface area contributed by atoms with Gasteiger partial charge in [0, 0.05) is 25.6 Å². The van der Waals surface area contributed by atoms with Crippen molar-refractivity contribution in [2.24, 2.45) is 22.6 Å². The van der Waals surface area contributed by atoms with Crippen LogP contribution in [-0.4, -0.2) is 106 Å². The molecule has 2 rings (SSSR count). The quantitative estimate of drug-likeness (QED) is 0.0790. The van der Waals surface area contributed by atoms with Gasteiger partial charge in [-0.05, 0) is 95.4 Å². The Hall–Kier alpha value is -4.53. The van der Waals surface area contributed by atoms with E-state index in [1.165, 1.54) is 23.2 Å². The molecule has 0 saturated carbocycles. The molecule has 0 radical (unpaired) electrons. The number of unbranched alkanes of at least 4 members (excludes halogenated alkanes) is 1. The van der Waals surface area contributed by atoms with Gasteiger partial charge in [0.05, 0.1) is 6.04 Å². The highest BCUT2D eigenvalue weighted by Gasteiger charge is 2.38. The molecule has 54 heavy (non-hydrogen) atoms. The van der Waals surface area contributed by atoms with Crippen molar-refractivity contribution in [2.75, 3.05) is 13.1 Å². The number of aromatic hydroxyl groups is 1. The zero-order valence-electron chi connectivity index (χ0n) is 32.9. The van der Waals surface area contributed by atoms with Crippen LogP contribution in [0.3, 0.4) is 0 Å². The second-order valence-electron chi connectivity index (χ2n) is 15.5. The molecule has 15 heteroatoms. The molecule has 0 aromatic heterocycles. The standard InChI is InChI=1S/C39H62N6O9/c1-8-25(4)33(35(49)42-30(37(51)52)22-24(2)3)44-34(48)29(23-26-14-16-27(46)17-15-26)41-20-18-32(47)31-13-11-21-45(31)36(50)28(12-9-10-19-40)43-38(53)54-39(5,6)7/h14-17,20,24-25,28-31,33,46H,8-13,18-19,21-23,40H2,1-7H3,(H,42,49)(H,43,53)(H,44,48)(H,51,52)/t25-,28-,29-,30-,31-,33-/m0/s1. The number of hydrogen-bond donors (Lipinski definition) is 6. The van der Waals surface area contributed by atoms with Gasteiger partial charge >= 0.3 is 12.1 Å². The number of carboxylic acid groups (broad SMARTS) is 1. The van der Waals surface area contributed by atoms with Crippen LogP contribution in [0.1, 0.15) is 105 Å². The molecule has 4 amide bonds. The number of rotatable bonds is 21. The molecular formula is C39H62N6O9. The number of carbonyl (C=O) groups is 6. The average molecular weight is 759 g/mol. The van der Waals surface area contributed by atoms with Crippen molar-refractivity contribution >= 4 is 41.8 Å². The van der Waals surface area contributed by atoms with Crippen molar-refractivity contribution in [1.82, 2.24) is 20.9 Å². The molecule has 1 aliphatic rings. The minimum atomic E-state index is -1.17. The summed E-state index contributed by atoms with van der Waals surface area (Å²) in [5, 5.41) is 27.5. The fraction of sp³-hybridized carbons (Fsp3) is 0.667. The second kappa shape index (κ2) is 22.0. The first-order valence-corrected chi connectivity index (χ1v) is 19.0. The SMILES string of the molecule is CC[C@H](C)[C@H](NC(=O)[C@H](Cc1ccc(O)cc1)N=CCC(=O)[C@@H]1CCCN1C(=O)[C@H](CCCCN)NC(=O)OC(C)(C)C)C(=O)N[C@@H](CC(C)C)C(=O)O. The minimum Gasteiger partial charge on any atom is -0.508 e. The summed E-state index contributed by atoms with van der Waals surface area (Å²) in [6.07, 6.45) is 3.81. The van der Waals surface area contributed by atoms with Crippen LogP contribution in [0, 0.1) is 11.8 Å². The molecule has 1 aromatic carbocycles. The van der Waals surface area contributed by atoms with E-state index in [0.717, 1.165) is 0 Å². The molecule has 15 nitrogen and oxygen atoms in total. The summed E-state index contributed by atoms with van der Waals surface area (Å²) in [4.78, 5) is 85.0. The number of ketones is 1. The topological polar surface area (TPSA) is 230 Å². The molecule has 0 bridgehead atoms. The molecule has 0 aliphatic carbocycles. The summed E-state index contributed by atoms with van der Waals surface area (Å²) in [6.45, 7) is 13.3. The van der Waals surface area contributed by atoms with Gasteiger partial charge in [0.1, 0.15) is 35.5 Å². The zero-order valence-corrected chi connectivity index (χ0v) is 32.9. The Morgan fingerprint density at radius 1 is 1.00 bits per heavy atom. The molecule has 0 spiro atoms.